The number of hydrogen-bond donors (Lipinski definition) is 2. The number of nitrogens with one attached hydrogen (secondary N) is 2. The van der Waals surface area contributed by atoms with Gasteiger partial charge >= 0.3 is 11.8 Å². The van der Waals surface area contributed by atoms with Gasteiger partial charge in [-0.1, -0.05) is 55.5 Å². The maximum Gasteiger partial charge on any atom is 0.314 e. The molecule has 5 nitrogen and oxygen atoms in total. The Hall–Kier alpha value is -3.60. The molecule has 0 saturated carbocycles. The van der Waals surface area contributed by atoms with Gasteiger partial charge in [-0.15, -0.1) is 0 Å². The van der Waals surface area contributed by atoms with Gasteiger partial charge in [-0.05, 0) is 42.3 Å². The molecule has 3 rings (SSSR count). The lowest BCUT2D eigenvalue weighted by Crippen LogP contribution is -2.29. The van der Waals surface area contributed by atoms with Gasteiger partial charge in [-0.3, -0.25) is 9.59 Å². The van der Waals surface area contributed by atoms with Gasteiger partial charge in [0.05, 0.1) is 5.69 Å². The SMILES string of the molecule is CCc1ccccc1NC(=O)C(=O)Nc1ccccc1Oc1ccccc1. The minimum Gasteiger partial charge on any atom is -0.455 e. The fraction of sp³-hybridized carbons (Fsp3) is 0.0909. The summed E-state index contributed by atoms with van der Waals surface area (Å²) in [5.41, 5.74) is 2.02. The lowest BCUT2D eigenvalue weighted by Gasteiger charge is -2.13. The largest absolute Gasteiger partial charge is 0.455 e. The third-order valence-electron chi connectivity index (χ3n) is 3.96. The summed E-state index contributed by atoms with van der Waals surface area (Å²) in [7, 11) is 0. The van der Waals surface area contributed by atoms with Gasteiger partial charge in [0.25, 0.3) is 0 Å². The second-order valence-corrected chi connectivity index (χ2v) is 5.83. The fourth-order valence-electron chi connectivity index (χ4n) is 2.58. The normalized spacial score (nSPS) is 10.1. The van der Waals surface area contributed by atoms with Gasteiger partial charge in [0.1, 0.15) is 5.75 Å². The molecule has 0 bridgehead atoms. The lowest BCUT2D eigenvalue weighted by molar-refractivity contribution is -0.133. The molecule has 0 fully saturated rings. The van der Waals surface area contributed by atoms with Crippen molar-refractivity contribution < 1.29 is 14.3 Å². The smallest absolute Gasteiger partial charge is 0.314 e. The molecule has 0 aliphatic heterocycles. The Bertz CT molecular complexity index is 939. The van der Waals surface area contributed by atoms with Crippen LogP contribution in [0, 0.1) is 0 Å². The Balaban J connectivity index is 1.71. The standard InChI is InChI=1S/C22H20N2O3/c1-2-16-10-6-7-13-18(16)23-21(25)22(26)24-19-14-8-9-15-20(19)27-17-11-4-3-5-12-17/h3-15H,2H2,1H3,(H,23,25)(H,24,26). The molecule has 0 aliphatic rings. The average Bonchev–Trinajstić information content (AvgIpc) is 2.70. The van der Waals surface area contributed by atoms with Crippen molar-refractivity contribution in [2.24, 2.45) is 0 Å². The minimum absolute atomic E-state index is 0.422. The van der Waals surface area contributed by atoms with Gasteiger partial charge in [0.2, 0.25) is 0 Å². The Morgan fingerprint density at radius 2 is 1.30 bits per heavy atom. The lowest BCUT2D eigenvalue weighted by atomic mass is 10.1. The fourth-order valence-corrected chi connectivity index (χ4v) is 2.58. The zero-order chi connectivity index (χ0) is 19.1. The molecule has 0 radical (unpaired) electrons. The number of anilines is 2. The van der Waals surface area contributed by atoms with Crippen molar-refractivity contribution in [3.05, 3.63) is 84.4 Å². The van der Waals surface area contributed by atoms with Gasteiger partial charge in [0, 0.05) is 5.69 Å². The van der Waals surface area contributed by atoms with Crippen LogP contribution in [0.4, 0.5) is 11.4 Å². The minimum atomic E-state index is -0.759. The van der Waals surface area contributed by atoms with Crippen molar-refractivity contribution in [2.45, 2.75) is 13.3 Å². The van der Waals surface area contributed by atoms with Crippen LogP contribution in [0.5, 0.6) is 11.5 Å². The first-order valence-electron chi connectivity index (χ1n) is 8.69. The first kappa shape index (κ1) is 18.2. The predicted octanol–water partition coefficient (Wildman–Crippen LogP) is 4.62. The Morgan fingerprint density at radius 3 is 2.00 bits per heavy atom. The van der Waals surface area contributed by atoms with Crippen LogP contribution in [0.3, 0.4) is 0 Å². The summed E-state index contributed by atoms with van der Waals surface area (Å²) in [4.78, 5) is 24.6. The average molecular weight is 360 g/mol. The van der Waals surface area contributed by atoms with Crippen molar-refractivity contribution in [1.82, 2.24) is 0 Å². The van der Waals surface area contributed by atoms with Crippen molar-refractivity contribution >= 4 is 23.2 Å². The number of carbonyl (C=O) groups is 2. The molecule has 136 valence electrons. The van der Waals surface area contributed by atoms with E-state index < -0.39 is 11.8 Å². The maximum absolute atomic E-state index is 12.3. The maximum atomic E-state index is 12.3. The van der Waals surface area contributed by atoms with Crippen LogP contribution in [0.2, 0.25) is 0 Å². The number of aryl methyl sites for hydroxylation is 1. The first-order valence-corrected chi connectivity index (χ1v) is 8.69. The molecule has 0 spiro atoms. The van der Waals surface area contributed by atoms with Gasteiger partial charge in [-0.25, -0.2) is 0 Å². The third-order valence-corrected chi connectivity index (χ3v) is 3.96. The van der Waals surface area contributed by atoms with Crippen LogP contribution in [-0.2, 0) is 16.0 Å². The highest BCUT2D eigenvalue weighted by Gasteiger charge is 2.17. The summed E-state index contributed by atoms with van der Waals surface area (Å²) < 4.78 is 5.80. The molecule has 3 aromatic rings. The Morgan fingerprint density at radius 1 is 0.741 bits per heavy atom. The Labute approximate surface area is 158 Å². The predicted molar refractivity (Wildman–Crippen MR) is 106 cm³/mol. The van der Waals surface area contributed by atoms with Gasteiger partial charge in [-0.2, -0.15) is 0 Å². The number of amides is 2. The van der Waals surface area contributed by atoms with Crippen molar-refractivity contribution in [3.8, 4) is 11.5 Å². The molecule has 0 saturated heterocycles. The highest BCUT2D eigenvalue weighted by molar-refractivity contribution is 6.43. The summed E-state index contributed by atoms with van der Waals surface area (Å²) in [6.45, 7) is 1.99. The zero-order valence-corrected chi connectivity index (χ0v) is 14.9. The van der Waals surface area contributed by atoms with E-state index in [2.05, 4.69) is 10.6 Å². The van der Waals surface area contributed by atoms with Crippen LogP contribution in [0.1, 0.15) is 12.5 Å². The van der Waals surface area contributed by atoms with Crippen LogP contribution < -0.4 is 15.4 Å². The van der Waals surface area contributed by atoms with Crippen LogP contribution in [0.25, 0.3) is 0 Å². The van der Waals surface area contributed by atoms with Crippen LogP contribution >= 0.6 is 0 Å². The molecule has 2 amide bonds. The number of carbonyl (C=O) groups excluding carboxylic acids is 2. The van der Waals surface area contributed by atoms with Crippen molar-refractivity contribution in [1.29, 1.82) is 0 Å². The quantitative estimate of drug-likeness (QED) is 0.653. The topological polar surface area (TPSA) is 67.4 Å². The molecular formula is C22H20N2O3. The van der Waals surface area contributed by atoms with Crippen molar-refractivity contribution in [3.63, 3.8) is 0 Å². The van der Waals surface area contributed by atoms with E-state index in [-0.39, 0.29) is 0 Å². The van der Waals surface area contributed by atoms with Gasteiger partial charge < -0.3 is 15.4 Å². The third kappa shape index (κ3) is 4.73. The van der Waals surface area contributed by atoms with E-state index in [9.17, 15) is 9.59 Å². The molecule has 0 atom stereocenters. The monoisotopic (exact) mass is 360 g/mol. The van der Waals surface area contributed by atoms with E-state index in [0.717, 1.165) is 12.0 Å². The summed E-state index contributed by atoms with van der Waals surface area (Å²) in [5, 5.41) is 5.27. The molecule has 0 aromatic heterocycles. The number of benzene rings is 3. The van der Waals surface area contributed by atoms with E-state index in [1.165, 1.54) is 0 Å². The number of ether oxygens (including phenoxy) is 1. The summed E-state index contributed by atoms with van der Waals surface area (Å²) >= 11 is 0. The van der Waals surface area contributed by atoms with Crippen molar-refractivity contribution in [2.75, 3.05) is 10.6 Å². The second-order valence-electron chi connectivity index (χ2n) is 5.83. The molecule has 0 heterocycles. The van der Waals surface area contributed by atoms with E-state index in [4.69, 9.17) is 4.74 Å². The number of rotatable bonds is 5. The summed E-state index contributed by atoms with van der Waals surface area (Å²) in [6.07, 6.45) is 0.756. The summed E-state index contributed by atoms with van der Waals surface area (Å²) in [6, 6.07) is 23.6. The van der Waals surface area contributed by atoms with E-state index in [0.29, 0.717) is 22.9 Å². The molecule has 2 N–H and O–H groups in total. The van der Waals surface area contributed by atoms with E-state index in [1.807, 2.05) is 55.5 Å². The highest BCUT2D eigenvalue weighted by atomic mass is 16.5. The van der Waals surface area contributed by atoms with Gasteiger partial charge in [0.15, 0.2) is 5.75 Å². The molecule has 0 unspecified atom stereocenters. The Kier molecular flexibility index (Phi) is 5.84. The molecular weight excluding hydrogens is 340 g/mol. The van der Waals surface area contributed by atoms with E-state index in [1.54, 1.807) is 30.3 Å². The first-order chi connectivity index (χ1) is 13.2. The number of para-hydroxylation sites is 4. The highest BCUT2D eigenvalue weighted by Crippen LogP contribution is 2.29. The van der Waals surface area contributed by atoms with E-state index >= 15 is 0 Å². The number of hydrogen-bond acceptors (Lipinski definition) is 3. The molecule has 3 aromatic carbocycles. The van der Waals surface area contributed by atoms with Crippen LogP contribution in [-0.4, -0.2) is 11.8 Å². The molecule has 27 heavy (non-hydrogen) atoms. The molecule has 5 heteroatoms. The molecule has 0 aliphatic carbocycles. The second kappa shape index (κ2) is 8.67. The van der Waals surface area contributed by atoms with Crippen LogP contribution in [0.15, 0.2) is 78.9 Å². The summed E-state index contributed by atoms with van der Waals surface area (Å²) in [5.74, 6) is -0.394. The zero-order valence-electron chi connectivity index (χ0n) is 14.9.